The summed E-state index contributed by atoms with van der Waals surface area (Å²) in [5, 5.41) is 12.5. The van der Waals surface area contributed by atoms with Crippen LogP contribution in [-0.2, 0) is 4.79 Å². The highest BCUT2D eigenvalue weighted by Crippen LogP contribution is 2.44. The minimum absolute atomic E-state index is 0.318. The van der Waals surface area contributed by atoms with Gasteiger partial charge in [0, 0.05) is 6.04 Å². The van der Waals surface area contributed by atoms with Gasteiger partial charge in [0.25, 0.3) is 0 Å². The average molecular weight is 211 g/mol. The molecule has 2 aliphatic carbocycles. The third kappa shape index (κ3) is 2.94. The molecule has 2 N–H and O–H groups in total. The lowest BCUT2D eigenvalue weighted by atomic mass is 10.0. The molecule has 0 unspecified atom stereocenters. The Bertz CT molecular complexity index is 222. The second kappa shape index (κ2) is 4.52. The number of aliphatic carboxylic acids is 1. The molecular weight excluding hydrogens is 190 g/mol. The summed E-state index contributed by atoms with van der Waals surface area (Å²) in [6.07, 6.45) is 6.88. The lowest BCUT2D eigenvalue weighted by molar-refractivity contribution is -0.140. The van der Waals surface area contributed by atoms with E-state index in [0.29, 0.717) is 6.04 Å². The van der Waals surface area contributed by atoms with Crippen LogP contribution in [0.15, 0.2) is 0 Å². The molecule has 2 saturated carbocycles. The SMILES string of the molecule is CCC[C@H](NC(C1CC1)C1CC1)C(=O)O. The van der Waals surface area contributed by atoms with Crippen LogP contribution in [0.2, 0.25) is 0 Å². The normalized spacial score (nSPS) is 23.1. The lowest BCUT2D eigenvalue weighted by Crippen LogP contribution is -2.45. The van der Waals surface area contributed by atoms with Crippen LogP contribution in [0.3, 0.4) is 0 Å². The molecule has 15 heavy (non-hydrogen) atoms. The summed E-state index contributed by atoms with van der Waals surface area (Å²) >= 11 is 0. The first-order valence-corrected chi connectivity index (χ1v) is 6.21. The van der Waals surface area contributed by atoms with Crippen molar-refractivity contribution in [3.63, 3.8) is 0 Å². The maximum Gasteiger partial charge on any atom is 0.320 e. The first-order chi connectivity index (χ1) is 7.22. The Labute approximate surface area is 91.2 Å². The molecule has 0 amide bonds. The van der Waals surface area contributed by atoms with Crippen LogP contribution in [0.1, 0.15) is 45.4 Å². The van der Waals surface area contributed by atoms with E-state index in [-0.39, 0.29) is 6.04 Å². The molecule has 0 aromatic carbocycles. The van der Waals surface area contributed by atoms with Gasteiger partial charge in [0.2, 0.25) is 0 Å². The molecule has 0 heterocycles. The Morgan fingerprint density at radius 1 is 1.33 bits per heavy atom. The van der Waals surface area contributed by atoms with Crippen LogP contribution in [0.25, 0.3) is 0 Å². The fourth-order valence-electron chi connectivity index (χ4n) is 2.37. The highest BCUT2D eigenvalue weighted by molar-refractivity contribution is 5.73. The number of rotatable bonds is 7. The van der Waals surface area contributed by atoms with Crippen LogP contribution in [-0.4, -0.2) is 23.2 Å². The van der Waals surface area contributed by atoms with Crippen molar-refractivity contribution in [2.24, 2.45) is 11.8 Å². The largest absolute Gasteiger partial charge is 0.480 e. The molecule has 0 saturated heterocycles. The van der Waals surface area contributed by atoms with E-state index in [1.54, 1.807) is 0 Å². The zero-order valence-corrected chi connectivity index (χ0v) is 9.41. The zero-order valence-electron chi connectivity index (χ0n) is 9.41. The summed E-state index contributed by atoms with van der Waals surface area (Å²) < 4.78 is 0. The lowest BCUT2D eigenvalue weighted by Gasteiger charge is -2.22. The van der Waals surface area contributed by atoms with Gasteiger partial charge >= 0.3 is 5.97 Å². The summed E-state index contributed by atoms with van der Waals surface area (Å²) in [4.78, 5) is 11.0. The molecule has 0 bridgehead atoms. The van der Waals surface area contributed by atoms with Gasteiger partial charge in [-0.3, -0.25) is 4.79 Å². The number of nitrogens with one attached hydrogen (secondary N) is 1. The third-order valence-electron chi connectivity index (χ3n) is 3.53. The molecule has 2 fully saturated rings. The molecule has 0 aromatic heterocycles. The zero-order chi connectivity index (χ0) is 10.8. The van der Waals surface area contributed by atoms with Gasteiger partial charge in [-0.2, -0.15) is 0 Å². The van der Waals surface area contributed by atoms with E-state index < -0.39 is 5.97 Å². The Morgan fingerprint density at radius 3 is 2.20 bits per heavy atom. The van der Waals surface area contributed by atoms with Crippen molar-refractivity contribution < 1.29 is 9.90 Å². The standard InChI is InChI=1S/C12H21NO2/c1-2-3-10(12(14)15)13-11(8-4-5-8)9-6-7-9/h8-11,13H,2-7H2,1H3,(H,14,15)/t10-/m0/s1. The summed E-state index contributed by atoms with van der Waals surface area (Å²) in [6, 6.07) is 0.179. The van der Waals surface area contributed by atoms with Gasteiger partial charge in [0.1, 0.15) is 6.04 Å². The Kier molecular flexibility index (Phi) is 3.29. The molecule has 0 aromatic rings. The van der Waals surface area contributed by atoms with E-state index in [0.717, 1.165) is 24.7 Å². The second-order valence-corrected chi connectivity index (χ2v) is 5.05. The number of carboxylic acid groups (broad SMARTS) is 1. The maximum absolute atomic E-state index is 11.0. The smallest absolute Gasteiger partial charge is 0.320 e. The van der Waals surface area contributed by atoms with Crippen LogP contribution >= 0.6 is 0 Å². The van der Waals surface area contributed by atoms with Crippen LogP contribution < -0.4 is 5.32 Å². The predicted molar refractivity (Wildman–Crippen MR) is 58.7 cm³/mol. The van der Waals surface area contributed by atoms with Crippen molar-refractivity contribution in [2.75, 3.05) is 0 Å². The maximum atomic E-state index is 11.0. The van der Waals surface area contributed by atoms with Gasteiger partial charge in [-0.25, -0.2) is 0 Å². The number of hydrogen-bond acceptors (Lipinski definition) is 2. The van der Waals surface area contributed by atoms with Crippen LogP contribution in [0.4, 0.5) is 0 Å². The fourth-order valence-corrected chi connectivity index (χ4v) is 2.37. The van der Waals surface area contributed by atoms with Gasteiger partial charge in [0.15, 0.2) is 0 Å². The number of carboxylic acids is 1. The van der Waals surface area contributed by atoms with E-state index >= 15 is 0 Å². The van der Waals surface area contributed by atoms with Crippen molar-refractivity contribution in [3.05, 3.63) is 0 Å². The third-order valence-corrected chi connectivity index (χ3v) is 3.53. The van der Waals surface area contributed by atoms with E-state index in [9.17, 15) is 4.79 Å². The summed E-state index contributed by atoms with van der Waals surface area (Å²) in [7, 11) is 0. The fraction of sp³-hybridized carbons (Fsp3) is 0.917. The van der Waals surface area contributed by atoms with Crippen molar-refractivity contribution in [1.82, 2.24) is 5.32 Å². The minimum Gasteiger partial charge on any atom is -0.480 e. The van der Waals surface area contributed by atoms with Gasteiger partial charge in [0.05, 0.1) is 0 Å². The summed E-state index contributed by atoms with van der Waals surface area (Å²) in [5.41, 5.74) is 0. The molecular formula is C12H21NO2. The predicted octanol–water partition coefficient (Wildman–Crippen LogP) is 2.02. The summed E-state index contributed by atoms with van der Waals surface area (Å²) in [6.45, 7) is 2.04. The molecule has 0 spiro atoms. The monoisotopic (exact) mass is 211 g/mol. The molecule has 1 atom stereocenters. The van der Waals surface area contributed by atoms with E-state index in [2.05, 4.69) is 5.32 Å². The first kappa shape index (κ1) is 10.9. The van der Waals surface area contributed by atoms with Crippen molar-refractivity contribution in [1.29, 1.82) is 0 Å². The molecule has 0 radical (unpaired) electrons. The molecule has 3 nitrogen and oxygen atoms in total. The highest BCUT2D eigenvalue weighted by atomic mass is 16.4. The van der Waals surface area contributed by atoms with Crippen molar-refractivity contribution >= 4 is 5.97 Å². The molecule has 3 heteroatoms. The topological polar surface area (TPSA) is 49.3 Å². The van der Waals surface area contributed by atoms with Crippen molar-refractivity contribution in [2.45, 2.75) is 57.5 Å². The molecule has 2 aliphatic rings. The average Bonchev–Trinajstić information content (AvgIpc) is 3.02. The molecule has 86 valence electrons. The highest BCUT2D eigenvalue weighted by Gasteiger charge is 2.42. The number of carbonyl (C=O) groups is 1. The van der Waals surface area contributed by atoms with Gasteiger partial charge in [-0.05, 0) is 43.9 Å². The quantitative estimate of drug-likeness (QED) is 0.677. The minimum atomic E-state index is -0.678. The van der Waals surface area contributed by atoms with E-state index in [4.69, 9.17) is 5.11 Å². The van der Waals surface area contributed by atoms with Gasteiger partial charge < -0.3 is 10.4 Å². The van der Waals surface area contributed by atoms with Crippen LogP contribution in [0.5, 0.6) is 0 Å². The van der Waals surface area contributed by atoms with Crippen molar-refractivity contribution in [3.8, 4) is 0 Å². The van der Waals surface area contributed by atoms with Gasteiger partial charge in [-0.15, -0.1) is 0 Å². The number of hydrogen-bond donors (Lipinski definition) is 2. The molecule has 2 rings (SSSR count). The Morgan fingerprint density at radius 2 is 1.87 bits per heavy atom. The Hall–Kier alpha value is -0.570. The van der Waals surface area contributed by atoms with Crippen LogP contribution in [0, 0.1) is 11.8 Å². The summed E-state index contributed by atoms with van der Waals surface area (Å²) in [5.74, 6) is 0.871. The first-order valence-electron chi connectivity index (χ1n) is 6.21. The molecule has 0 aliphatic heterocycles. The van der Waals surface area contributed by atoms with E-state index in [1.165, 1.54) is 25.7 Å². The van der Waals surface area contributed by atoms with E-state index in [1.807, 2.05) is 6.92 Å². The Balaban J connectivity index is 1.87. The second-order valence-electron chi connectivity index (χ2n) is 5.05. The van der Waals surface area contributed by atoms with Gasteiger partial charge in [-0.1, -0.05) is 13.3 Å².